The molecule has 0 unspecified atom stereocenters. The van der Waals surface area contributed by atoms with Crippen molar-refractivity contribution in [2.45, 2.75) is 0 Å². The number of hydrogen-bond donors (Lipinski definition) is 0. The molecule has 0 rings (SSSR count). The molecule has 0 saturated carbocycles. The quantitative estimate of drug-likeness (QED) is 0.436. The van der Waals surface area contributed by atoms with Gasteiger partial charge in [-0.25, -0.2) is 0 Å². The average molecular weight is 423 g/mol. The molecular weight excluding hydrogens is 418 g/mol. The first kappa shape index (κ1) is 15.9. The molecule has 0 aliphatic rings. The van der Waals surface area contributed by atoms with Crippen molar-refractivity contribution in [2.24, 2.45) is 0 Å². The molecule has 0 amide bonds. The summed E-state index contributed by atoms with van der Waals surface area (Å²) in [5.41, 5.74) is 0. The van der Waals surface area contributed by atoms with E-state index >= 15 is 0 Å². The van der Waals surface area contributed by atoms with Crippen LogP contribution in [0.4, 0.5) is 0 Å². The van der Waals surface area contributed by atoms with Crippen molar-refractivity contribution in [1.82, 2.24) is 0 Å². The van der Waals surface area contributed by atoms with Crippen molar-refractivity contribution in [2.75, 3.05) is 0 Å². The Balaban J connectivity index is -0.000000000833. The van der Waals surface area contributed by atoms with Crippen molar-refractivity contribution in [1.29, 1.82) is 0 Å². The van der Waals surface area contributed by atoms with E-state index in [0.717, 1.165) is 0 Å². The third-order valence-electron chi connectivity index (χ3n) is 0. The second kappa shape index (κ2) is 17.1. The van der Waals surface area contributed by atoms with Gasteiger partial charge in [0.05, 0.1) is 0 Å². The Morgan fingerprint density at radius 2 is 1.50 bits per heavy atom. The summed E-state index contributed by atoms with van der Waals surface area (Å²) in [6.45, 7) is 0. The van der Waals surface area contributed by atoms with E-state index in [-0.39, 0.29) is 77.9 Å². The van der Waals surface area contributed by atoms with Crippen LogP contribution in [0.15, 0.2) is 0 Å². The van der Waals surface area contributed by atoms with Gasteiger partial charge in [-0.3, -0.25) is 0 Å². The van der Waals surface area contributed by atoms with Crippen LogP contribution in [0.3, 0.4) is 0 Å². The monoisotopic (exact) mass is 424 g/mol. The SMILES string of the molecule is [Ba+2].[BiH3].[H-].[H-].[O]=[Fe]. The molecule has 0 heterocycles. The van der Waals surface area contributed by atoms with Gasteiger partial charge < -0.3 is 2.85 Å². The summed E-state index contributed by atoms with van der Waals surface area (Å²) in [6.07, 6.45) is 0. The van der Waals surface area contributed by atoms with Crippen LogP contribution in [-0.4, -0.2) is 75.1 Å². The molecule has 4 heavy (non-hydrogen) atoms. The first-order valence-corrected chi connectivity index (χ1v) is 0.595. The summed E-state index contributed by atoms with van der Waals surface area (Å²) in [5.74, 6) is 0. The van der Waals surface area contributed by atoms with E-state index < -0.39 is 0 Å². The Morgan fingerprint density at radius 3 is 1.50 bits per heavy atom. The van der Waals surface area contributed by atoms with Gasteiger partial charge in [-0.05, 0) is 0 Å². The predicted molar refractivity (Wildman–Crippen MR) is 18.6 cm³/mol. The Morgan fingerprint density at radius 1 is 1.50 bits per heavy atom. The first-order valence-electron chi connectivity index (χ1n) is 0.144. The maximum atomic E-state index is 8.00. The molecule has 0 bridgehead atoms. The topological polar surface area (TPSA) is 17.1 Å². The van der Waals surface area contributed by atoms with Gasteiger partial charge in [0.1, 0.15) is 0 Å². The van der Waals surface area contributed by atoms with E-state index in [2.05, 4.69) is 0 Å². The van der Waals surface area contributed by atoms with E-state index in [9.17, 15) is 0 Å². The fourth-order valence-corrected chi connectivity index (χ4v) is 0. The normalized spacial score (nSPS) is 1.25. The Hall–Kier alpha value is 2.77. The van der Waals surface area contributed by atoms with Gasteiger partial charge in [0, 0.05) is 0 Å². The molecule has 0 aromatic carbocycles. The predicted octanol–water partition coefficient (Wildman–Crippen LogP) is -1.46. The molecule has 0 atom stereocenters. The van der Waals surface area contributed by atoms with Crippen LogP contribution in [0.25, 0.3) is 0 Å². The zero-order valence-corrected chi connectivity index (χ0v) is 13.2. The molecule has 0 N–H and O–H groups in total. The fourth-order valence-electron chi connectivity index (χ4n) is 0. The van der Waals surface area contributed by atoms with E-state index in [4.69, 9.17) is 3.83 Å². The van der Waals surface area contributed by atoms with Gasteiger partial charge in [0.2, 0.25) is 0 Å². The van der Waals surface area contributed by atoms with Crippen LogP contribution in [0, 0.1) is 0 Å². The van der Waals surface area contributed by atoms with Crippen LogP contribution in [0.2, 0.25) is 0 Å². The molecule has 0 saturated heterocycles. The molecule has 0 aliphatic carbocycles. The van der Waals surface area contributed by atoms with Crippen LogP contribution in [0.1, 0.15) is 2.85 Å². The van der Waals surface area contributed by atoms with E-state index in [1.807, 2.05) is 15.9 Å². The molecular formula is H5BaBiFeO. The van der Waals surface area contributed by atoms with Crippen molar-refractivity contribution >= 4 is 75.1 Å². The summed E-state index contributed by atoms with van der Waals surface area (Å²) in [4.78, 5) is 0. The molecule has 0 radical (unpaired) electrons. The third kappa shape index (κ3) is 8.84. The summed E-state index contributed by atoms with van der Waals surface area (Å²) in [7, 11) is 0. The van der Waals surface area contributed by atoms with Crippen molar-refractivity contribution in [3.8, 4) is 0 Å². The molecule has 0 spiro atoms. The van der Waals surface area contributed by atoms with Gasteiger partial charge in [0.15, 0.2) is 0 Å². The van der Waals surface area contributed by atoms with Gasteiger partial charge in [-0.2, -0.15) is 0 Å². The summed E-state index contributed by atoms with van der Waals surface area (Å²) in [5, 5.41) is 0. The molecule has 26 valence electrons. The first-order chi connectivity index (χ1) is 1.00. The summed E-state index contributed by atoms with van der Waals surface area (Å²) in [6, 6.07) is 0. The van der Waals surface area contributed by atoms with Crippen molar-refractivity contribution < 1.29 is 22.6 Å². The van der Waals surface area contributed by atoms with Gasteiger partial charge >= 0.3 is 94.9 Å². The molecule has 1 nitrogen and oxygen atoms in total. The third-order valence-corrected chi connectivity index (χ3v) is 0. The molecule has 0 aromatic heterocycles. The zero-order chi connectivity index (χ0) is 2.00. The minimum atomic E-state index is 0. The van der Waals surface area contributed by atoms with Crippen LogP contribution in [0.5, 0.6) is 0 Å². The molecule has 0 fully saturated rings. The zero-order valence-electron chi connectivity index (χ0n) is 4.18. The fraction of sp³-hybridized carbons (Fsp3) is 0. The van der Waals surface area contributed by atoms with E-state index in [0.29, 0.717) is 0 Å². The number of rotatable bonds is 0. The second-order valence-corrected chi connectivity index (χ2v) is 0. The van der Waals surface area contributed by atoms with Crippen LogP contribution in [-0.2, 0) is 19.8 Å². The molecule has 0 aromatic rings. The van der Waals surface area contributed by atoms with Gasteiger partial charge in [-0.15, -0.1) is 0 Å². The Bertz CT molecular complexity index is 13.5. The minimum absolute atomic E-state index is 0. The Labute approximate surface area is 95.5 Å². The van der Waals surface area contributed by atoms with Gasteiger partial charge in [0.25, 0.3) is 0 Å². The second-order valence-electron chi connectivity index (χ2n) is 0. The van der Waals surface area contributed by atoms with E-state index in [1.54, 1.807) is 0 Å². The molecule has 0 aliphatic heterocycles. The molecule has 4 heteroatoms. The maximum absolute atomic E-state index is 8.00. The number of hydrogen-bond acceptors (Lipinski definition) is 1. The Kier molecular flexibility index (Phi) is 67.8. The average Bonchev–Trinajstić information content (AvgIpc) is 1.00. The summed E-state index contributed by atoms with van der Waals surface area (Å²) >= 11 is 2.00. The van der Waals surface area contributed by atoms with Crippen molar-refractivity contribution in [3.05, 3.63) is 0 Å². The van der Waals surface area contributed by atoms with Gasteiger partial charge in [-0.1, -0.05) is 0 Å². The van der Waals surface area contributed by atoms with Crippen molar-refractivity contribution in [3.63, 3.8) is 0 Å². The van der Waals surface area contributed by atoms with Crippen LogP contribution >= 0.6 is 0 Å². The standard InChI is InChI=1S/Ba.Bi.Fe.O.5H/q+2;;;;;;;2*-1. The van der Waals surface area contributed by atoms with E-state index in [1.165, 1.54) is 0 Å². The summed E-state index contributed by atoms with van der Waals surface area (Å²) < 4.78 is 8.00. The van der Waals surface area contributed by atoms with Crippen LogP contribution < -0.4 is 0 Å².